The highest BCUT2D eigenvalue weighted by molar-refractivity contribution is 5.70. The molecular weight excluding hydrogens is 190 g/mol. The molecule has 1 aliphatic rings. The molecule has 1 rings (SSSR count). The molecule has 0 amide bonds. The van der Waals surface area contributed by atoms with E-state index in [1.54, 1.807) is 6.92 Å². The topological polar surface area (TPSA) is 40.5 Å². The van der Waals surface area contributed by atoms with Gasteiger partial charge in [-0.25, -0.2) is 0 Å². The molecule has 2 atom stereocenters. The van der Waals surface area contributed by atoms with Crippen LogP contribution in [0.3, 0.4) is 0 Å². The SMILES string of the molecule is CC(C(=O)O)C(C)N(C)C1CCCCC1. The van der Waals surface area contributed by atoms with Crippen molar-refractivity contribution < 1.29 is 9.90 Å². The molecule has 0 radical (unpaired) electrons. The minimum Gasteiger partial charge on any atom is -0.481 e. The molecule has 1 N–H and O–H groups in total. The smallest absolute Gasteiger partial charge is 0.307 e. The highest BCUT2D eigenvalue weighted by atomic mass is 16.4. The van der Waals surface area contributed by atoms with Crippen LogP contribution < -0.4 is 0 Å². The van der Waals surface area contributed by atoms with Crippen LogP contribution in [0.15, 0.2) is 0 Å². The van der Waals surface area contributed by atoms with Gasteiger partial charge in [-0.15, -0.1) is 0 Å². The Morgan fingerprint density at radius 3 is 2.27 bits per heavy atom. The van der Waals surface area contributed by atoms with Crippen LogP contribution in [0.2, 0.25) is 0 Å². The van der Waals surface area contributed by atoms with Crippen LogP contribution in [-0.2, 0) is 4.79 Å². The van der Waals surface area contributed by atoms with Crippen molar-refractivity contribution in [1.29, 1.82) is 0 Å². The summed E-state index contributed by atoms with van der Waals surface area (Å²) in [5, 5.41) is 8.97. The van der Waals surface area contributed by atoms with Crippen LogP contribution in [-0.4, -0.2) is 35.1 Å². The van der Waals surface area contributed by atoms with Crippen molar-refractivity contribution in [2.75, 3.05) is 7.05 Å². The van der Waals surface area contributed by atoms with Crippen molar-refractivity contribution in [3.63, 3.8) is 0 Å². The molecule has 0 heterocycles. The maximum atomic E-state index is 10.9. The maximum absolute atomic E-state index is 10.9. The lowest BCUT2D eigenvalue weighted by atomic mass is 9.92. The van der Waals surface area contributed by atoms with Gasteiger partial charge < -0.3 is 5.11 Å². The Bertz CT molecular complexity index is 212. The summed E-state index contributed by atoms with van der Waals surface area (Å²) < 4.78 is 0. The van der Waals surface area contributed by atoms with Crippen LogP contribution in [0.25, 0.3) is 0 Å². The molecule has 0 aromatic rings. The first-order chi connectivity index (χ1) is 7.04. The van der Waals surface area contributed by atoms with E-state index in [2.05, 4.69) is 11.9 Å². The van der Waals surface area contributed by atoms with Gasteiger partial charge in [-0.1, -0.05) is 26.2 Å². The van der Waals surface area contributed by atoms with Crippen molar-refractivity contribution in [2.45, 2.75) is 58.0 Å². The molecule has 2 unspecified atom stereocenters. The zero-order chi connectivity index (χ0) is 11.4. The summed E-state index contributed by atoms with van der Waals surface area (Å²) in [6, 6.07) is 0.723. The number of carbonyl (C=O) groups is 1. The third-order valence-electron chi connectivity index (χ3n) is 3.91. The van der Waals surface area contributed by atoms with E-state index in [0.717, 1.165) is 0 Å². The third-order valence-corrected chi connectivity index (χ3v) is 3.91. The molecule has 3 nitrogen and oxygen atoms in total. The van der Waals surface area contributed by atoms with E-state index in [4.69, 9.17) is 5.11 Å². The monoisotopic (exact) mass is 213 g/mol. The second-order valence-corrected chi connectivity index (χ2v) is 4.82. The Labute approximate surface area is 92.5 Å². The zero-order valence-electron chi connectivity index (χ0n) is 10.1. The summed E-state index contributed by atoms with van der Waals surface area (Å²) in [7, 11) is 2.07. The molecule has 15 heavy (non-hydrogen) atoms. The highest BCUT2D eigenvalue weighted by Crippen LogP contribution is 2.24. The second kappa shape index (κ2) is 5.50. The Morgan fingerprint density at radius 2 is 1.80 bits per heavy atom. The Kier molecular flexibility index (Phi) is 4.58. The molecule has 0 aromatic carbocycles. The summed E-state index contributed by atoms with van der Waals surface area (Å²) in [6.07, 6.45) is 6.39. The summed E-state index contributed by atoms with van der Waals surface area (Å²) >= 11 is 0. The molecule has 0 bridgehead atoms. The van der Waals surface area contributed by atoms with E-state index < -0.39 is 5.97 Å². The van der Waals surface area contributed by atoms with Gasteiger partial charge in [0.25, 0.3) is 0 Å². The van der Waals surface area contributed by atoms with E-state index in [9.17, 15) is 4.79 Å². The lowest BCUT2D eigenvalue weighted by Crippen LogP contribution is -2.44. The molecule has 3 heteroatoms. The van der Waals surface area contributed by atoms with Crippen molar-refractivity contribution in [3.05, 3.63) is 0 Å². The van der Waals surface area contributed by atoms with E-state index in [1.165, 1.54) is 32.1 Å². The minimum absolute atomic E-state index is 0.130. The molecule has 0 saturated heterocycles. The van der Waals surface area contributed by atoms with Crippen LogP contribution in [0.4, 0.5) is 0 Å². The predicted molar refractivity (Wildman–Crippen MR) is 60.9 cm³/mol. The van der Waals surface area contributed by atoms with Crippen LogP contribution in [0, 0.1) is 5.92 Å². The number of hydrogen-bond acceptors (Lipinski definition) is 2. The van der Waals surface area contributed by atoms with Crippen molar-refractivity contribution in [2.24, 2.45) is 5.92 Å². The van der Waals surface area contributed by atoms with Gasteiger partial charge in [-0.05, 0) is 26.8 Å². The average molecular weight is 213 g/mol. The van der Waals surface area contributed by atoms with Crippen molar-refractivity contribution >= 4 is 5.97 Å². The molecule has 1 fully saturated rings. The van der Waals surface area contributed by atoms with Gasteiger partial charge in [0, 0.05) is 12.1 Å². The zero-order valence-corrected chi connectivity index (χ0v) is 10.1. The van der Waals surface area contributed by atoms with Gasteiger partial charge in [-0.2, -0.15) is 0 Å². The van der Waals surface area contributed by atoms with Gasteiger partial charge in [0.1, 0.15) is 0 Å². The highest BCUT2D eigenvalue weighted by Gasteiger charge is 2.28. The summed E-state index contributed by atoms with van der Waals surface area (Å²) in [6.45, 7) is 3.82. The summed E-state index contributed by atoms with van der Waals surface area (Å²) in [4.78, 5) is 13.2. The summed E-state index contributed by atoms with van der Waals surface area (Å²) in [5.41, 5.74) is 0. The lowest BCUT2D eigenvalue weighted by molar-refractivity contribution is -0.143. The van der Waals surface area contributed by atoms with Gasteiger partial charge in [0.15, 0.2) is 0 Å². The van der Waals surface area contributed by atoms with Crippen molar-refractivity contribution in [1.82, 2.24) is 4.90 Å². The first kappa shape index (κ1) is 12.5. The molecule has 0 spiro atoms. The number of aliphatic carboxylic acids is 1. The number of carboxylic acids is 1. The van der Waals surface area contributed by atoms with Gasteiger partial charge >= 0.3 is 5.97 Å². The minimum atomic E-state index is -0.690. The van der Waals surface area contributed by atoms with Crippen LogP contribution >= 0.6 is 0 Å². The summed E-state index contributed by atoms with van der Waals surface area (Å²) in [5.74, 6) is -0.970. The van der Waals surface area contributed by atoms with E-state index in [1.807, 2.05) is 6.92 Å². The van der Waals surface area contributed by atoms with Crippen molar-refractivity contribution in [3.8, 4) is 0 Å². The number of carboxylic acid groups (broad SMARTS) is 1. The van der Waals surface area contributed by atoms with E-state index in [-0.39, 0.29) is 12.0 Å². The normalized spacial score (nSPS) is 22.7. The largest absolute Gasteiger partial charge is 0.481 e. The molecular formula is C12H23NO2. The van der Waals surface area contributed by atoms with Gasteiger partial charge in [-0.3, -0.25) is 9.69 Å². The average Bonchev–Trinajstić information content (AvgIpc) is 2.27. The molecule has 1 saturated carbocycles. The second-order valence-electron chi connectivity index (χ2n) is 4.82. The fourth-order valence-corrected chi connectivity index (χ4v) is 2.38. The molecule has 0 aromatic heterocycles. The lowest BCUT2D eigenvalue weighted by Gasteiger charge is -2.37. The van der Waals surface area contributed by atoms with Crippen LogP contribution in [0.1, 0.15) is 46.0 Å². The first-order valence-corrected chi connectivity index (χ1v) is 5.98. The fourth-order valence-electron chi connectivity index (χ4n) is 2.38. The number of hydrogen-bond donors (Lipinski definition) is 1. The van der Waals surface area contributed by atoms with Gasteiger partial charge in [0.2, 0.25) is 0 Å². The Hall–Kier alpha value is -0.570. The number of nitrogens with zero attached hydrogens (tertiary/aromatic N) is 1. The Balaban J connectivity index is 2.50. The number of rotatable bonds is 4. The maximum Gasteiger partial charge on any atom is 0.307 e. The quantitative estimate of drug-likeness (QED) is 0.779. The third kappa shape index (κ3) is 3.20. The van der Waals surface area contributed by atoms with E-state index >= 15 is 0 Å². The molecule has 0 aliphatic heterocycles. The fraction of sp³-hybridized carbons (Fsp3) is 0.917. The molecule has 88 valence electrons. The van der Waals surface area contributed by atoms with E-state index in [0.29, 0.717) is 6.04 Å². The molecule has 1 aliphatic carbocycles. The van der Waals surface area contributed by atoms with Crippen LogP contribution in [0.5, 0.6) is 0 Å². The first-order valence-electron chi connectivity index (χ1n) is 5.98. The standard InChI is InChI=1S/C12H23NO2/c1-9(12(14)15)10(2)13(3)11-7-5-4-6-8-11/h9-11H,4-8H2,1-3H3,(H,14,15). The Morgan fingerprint density at radius 1 is 1.27 bits per heavy atom. The predicted octanol–water partition coefficient (Wildman–Crippen LogP) is 2.36. The van der Waals surface area contributed by atoms with Gasteiger partial charge in [0.05, 0.1) is 5.92 Å².